The van der Waals surface area contributed by atoms with Crippen molar-refractivity contribution < 1.29 is 9.59 Å². The largest absolute Gasteiger partial charge is 0.366 e. The summed E-state index contributed by atoms with van der Waals surface area (Å²) in [6, 6.07) is 5.34. The Balaban J connectivity index is 1.93. The van der Waals surface area contributed by atoms with Crippen molar-refractivity contribution in [1.29, 1.82) is 0 Å². The monoisotopic (exact) mass is 289 g/mol. The van der Waals surface area contributed by atoms with Crippen LogP contribution < -0.4 is 16.4 Å². The second kappa shape index (κ2) is 7.22. The van der Waals surface area contributed by atoms with Gasteiger partial charge in [-0.3, -0.25) is 9.59 Å². The summed E-state index contributed by atoms with van der Waals surface area (Å²) in [5.74, 6) is 0.0495. The highest BCUT2D eigenvalue weighted by atomic mass is 16.2. The number of amides is 2. The molecule has 114 valence electrons. The first-order valence-electron chi connectivity index (χ1n) is 7.48. The lowest BCUT2D eigenvalue weighted by Gasteiger charge is -2.22. The van der Waals surface area contributed by atoms with E-state index < -0.39 is 5.91 Å². The summed E-state index contributed by atoms with van der Waals surface area (Å²) in [4.78, 5) is 23.6. The third kappa shape index (κ3) is 4.29. The van der Waals surface area contributed by atoms with E-state index in [1.165, 1.54) is 0 Å². The van der Waals surface area contributed by atoms with Crippen LogP contribution in [-0.4, -0.2) is 24.9 Å². The first-order chi connectivity index (χ1) is 10.1. The van der Waals surface area contributed by atoms with Crippen molar-refractivity contribution in [3.63, 3.8) is 0 Å². The maximum absolute atomic E-state index is 12.1. The SMILES string of the molecule is Cc1cccc(NC(=O)CCC2CCNCC2)c1C(N)=O. The normalized spacial score (nSPS) is 15.7. The molecule has 0 saturated carbocycles. The van der Waals surface area contributed by atoms with E-state index in [0.29, 0.717) is 23.6 Å². The number of rotatable bonds is 5. The summed E-state index contributed by atoms with van der Waals surface area (Å²) in [6.07, 6.45) is 3.64. The number of carbonyl (C=O) groups is 2. The van der Waals surface area contributed by atoms with Gasteiger partial charge >= 0.3 is 0 Å². The van der Waals surface area contributed by atoms with Gasteiger partial charge in [-0.05, 0) is 56.8 Å². The molecule has 0 atom stereocenters. The number of carbonyl (C=O) groups excluding carboxylic acids is 2. The predicted molar refractivity (Wildman–Crippen MR) is 83.2 cm³/mol. The molecule has 0 unspecified atom stereocenters. The van der Waals surface area contributed by atoms with Gasteiger partial charge in [-0.15, -0.1) is 0 Å². The van der Waals surface area contributed by atoms with Gasteiger partial charge in [-0.1, -0.05) is 12.1 Å². The van der Waals surface area contributed by atoms with Crippen molar-refractivity contribution in [3.05, 3.63) is 29.3 Å². The van der Waals surface area contributed by atoms with Crippen LogP contribution in [0, 0.1) is 12.8 Å². The van der Waals surface area contributed by atoms with Crippen molar-refractivity contribution in [2.24, 2.45) is 11.7 Å². The maximum Gasteiger partial charge on any atom is 0.251 e. The molecule has 1 aliphatic heterocycles. The summed E-state index contributed by atoms with van der Waals surface area (Å²) >= 11 is 0. The van der Waals surface area contributed by atoms with Gasteiger partial charge in [0.25, 0.3) is 5.91 Å². The van der Waals surface area contributed by atoms with Crippen molar-refractivity contribution in [1.82, 2.24) is 5.32 Å². The van der Waals surface area contributed by atoms with Crippen LogP contribution in [0.25, 0.3) is 0 Å². The van der Waals surface area contributed by atoms with E-state index in [9.17, 15) is 9.59 Å². The van der Waals surface area contributed by atoms with Crippen LogP contribution in [0.4, 0.5) is 5.69 Å². The molecule has 0 aromatic heterocycles. The molecule has 5 nitrogen and oxygen atoms in total. The highest BCUT2D eigenvalue weighted by Crippen LogP contribution is 2.21. The lowest BCUT2D eigenvalue weighted by atomic mass is 9.93. The number of anilines is 1. The van der Waals surface area contributed by atoms with E-state index in [-0.39, 0.29) is 5.91 Å². The molecule has 0 spiro atoms. The first kappa shape index (κ1) is 15.5. The van der Waals surface area contributed by atoms with E-state index in [0.717, 1.165) is 37.9 Å². The number of piperidine rings is 1. The van der Waals surface area contributed by atoms with Gasteiger partial charge in [0.1, 0.15) is 0 Å². The number of hydrogen-bond acceptors (Lipinski definition) is 3. The fourth-order valence-corrected chi connectivity index (χ4v) is 2.82. The molecule has 1 saturated heterocycles. The second-order valence-corrected chi connectivity index (χ2v) is 5.64. The van der Waals surface area contributed by atoms with Crippen LogP contribution in [-0.2, 0) is 4.79 Å². The number of benzene rings is 1. The average Bonchev–Trinajstić information content (AvgIpc) is 2.46. The quantitative estimate of drug-likeness (QED) is 0.773. The molecule has 1 fully saturated rings. The Morgan fingerprint density at radius 2 is 2.05 bits per heavy atom. The molecule has 4 N–H and O–H groups in total. The average molecular weight is 289 g/mol. The van der Waals surface area contributed by atoms with Crippen LogP contribution in [0.3, 0.4) is 0 Å². The first-order valence-corrected chi connectivity index (χ1v) is 7.48. The molecule has 0 bridgehead atoms. The zero-order chi connectivity index (χ0) is 15.2. The smallest absolute Gasteiger partial charge is 0.251 e. The number of nitrogens with one attached hydrogen (secondary N) is 2. The Morgan fingerprint density at radius 1 is 1.33 bits per heavy atom. The van der Waals surface area contributed by atoms with E-state index in [4.69, 9.17) is 5.73 Å². The number of primary amides is 1. The highest BCUT2D eigenvalue weighted by Gasteiger charge is 2.16. The van der Waals surface area contributed by atoms with Crippen LogP contribution >= 0.6 is 0 Å². The minimum absolute atomic E-state index is 0.0540. The van der Waals surface area contributed by atoms with Crippen molar-refractivity contribution in [2.75, 3.05) is 18.4 Å². The molecular formula is C16H23N3O2. The van der Waals surface area contributed by atoms with E-state index in [2.05, 4.69) is 10.6 Å². The molecule has 2 rings (SSSR count). The Kier molecular flexibility index (Phi) is 5.33. The van der Waals surface area contributed by atoms with Crippen LogP contribution in [0.2, 0.25) is 0 Å². The van der Waals surface area contributed by atoms with Gasteiger partial charge in [-0.2, -0.15) is 0 Å². The summed E-state index contributed by atoms with van der Waals surface area (Å²) in [6.45, 7) is 3.89. The molecular weight excluding hydrogens is 266 g/mol. The van der Waals surface area contributed by atoms with Crippen LogP contribution in [0.1, 0.15) is 41.6 Å². The molecule has 1 aliphatic rings. The minimum Gasteiger partial charge on any atom is -0.366 e. The molecule has 1 aromatic rings. The summed E-state index contributed by atoms with van der Waals surface area (Å²) in [5.41, 5.74) is 7.07. The van der Waals surface area contributed by atoms with Gasteiger partial charge in [0.15, 0.2) is 0 Å². The zero-order valence-corrected chi connectivity index (χ0v) is 12.4. The molecule has 1 aromatic carbocycles. The lowest BCUT2D eigenvalue weighted by Crippen LogP contribution is -2.28. The van der Waals surface area contributed by atoms with Gasteiger partial charge in [0.2, 0.25) is 5.91 Å². The highest BCUT2D eigenvalue weighted by molar-refractivity contribution is 6.04. The topological polar surface area (TPSA) is 84.2 Å². The van der Waals surface area contributed by atoms with E-state index in [1.807, 2.05) is 19.1 Å². The van der Waals surface area contributed by atoms with Gasteiger partial charge in [-0.25, -0.2) is 0 Å². The van der Waals surface area contributed by atoms with Gasteiger partial charge in [0.05, 0.1) is 11.3 Å². The molecule has 5 heteroatoms. The third-order valence-electron chi connectivity index (χ3n) is 4.03. The summed E-state index contributed by atoms with van der Waals surface area (Å²) in [5, 5.41) is 6.13. The molecule has 21 heavy (non-hydrogen) atoms. The standard InChI is InChI=1S/C16H23N3O2/c1-11-3-2-4-13(15(11)16(17)21)19-14(20)6-5-12-7-9-18-10-8-12/h2-4,12,18H,5-10H2,1H3,(H2,17,21)(H,19,20). The molecule has 1 heterocycles. The van der Waals surface area contributed by atoms with E-state index in [1.54, 1.807) is 6.07 Å². The fraction of sp³-hybridized carbons (Fsp3) is 0.500. The Bertz CT molecular complexity index is 522. The van der Waals surface area contributed by atoms with Crippen molar-refractivity contribution >= 4 is 17.5 Å². The molecule has 0 aliphatic carbocycles. The van der Waals surface area contributed by atoms with Crippen molar-refractivity contribution in [3.8, 4) is 0 Å². The Labute approximate surface area is 125 Å². The summed E-state index contributed by atoms with van der Waals surface area (Å²) in [7, 11) is 0. The number of nitrogens with two attached hydrogens (primary N) is 1. The number of aryl methyl sites for hydroxylation is 1. The fourth-order valence-electron chi connectivity index (χ4n) is 2.82. The lowest BCUT2D eigenvalue weighted by molar-refractivity contribution is -0.116. The maximum atomic E-state index is 12.1. The minimum atomic E-state index is -0.512. The van der Waals surface area contributed by atoms with E-state index >= 15 is 0 Å². The molecule has 0 radical (unpaired) electrons. The van der Waals surface area contributed by atoms with Crippen LogP contribution in [0.5, 0.6) is 0 Å². The number of hydrogen-bond donors (Lipinski definition) is 3. The van der Waals surface area contributed by atoms with Gasteiger partial charge < -0.3 is 16.4 Å². The van der Waals surface area contributed by atoms with Crippen molar-refractivity contribution in [2.45, 2.75) is 32.6 Å². The molecule has 2 amide bonds. The summed E-state index contributed by atoms with van der Waals surface area (Å²) < 4.78 is 0. The third-order valence-corrected chi connectivity index (χ3v) is 4.03. The van der Waals surface area contributed by atoms with Crippen LogP contribution in [0.15, 0.2) is 18.2 Å². The van der Waals surface area contributed by atoms with Gasteiger partial charge in [0, 0.05) is 6.42 Å². The Hall–Kier alpha value is -1.88. The second-order valence-electron chi connectivity index (χ2n) is 5.64. The zero-order valence-electron chi connectivity index (χ0n) is 12.4. The predicted octanol–water partition coefficient (Wildman–Crippen LogP) is 1.81. The Morgan fingerprint density at radius 3 is 2.71 bits per heavy atom.